The standard InChI is InChI=1S/C17H28N2O2/c1-5-10-18-12-15-9-7-8-13(3)16(15)21-14(4)17(20)19-11-6-2/h7-9,14,18H,5-6,10-12H2,1-4H3,(H,19,20). The van der Waals surface area contributed by atoms with Crippen molar-refractivity contribution in [2.24, 2.45) is 0 Å². The number of nitrogens with one attached hydrogen (secondary N) is 2. The molecule has 1 aromatic rings. The minimum atomic E-state index is -0.484. The van der Waals surface area contributed by atoms with Gasteiger partial charge in [-0.05, 0) is 38.8 Å². The Bertz CT molecular complexity index is 446. The number of amides is 1. The molecule has 0 saturated heterocycles. The maximum Gasteiger partial charge on any atom is 0.260 e. The predicted molar refractivity (Wildman–Crippen MR) is 86.6 cm³/mol. The van der Waals surface area contributed by atoms with Gasteiger partial charge in [-0.1, -0.05) is 32.0 Å². The highest BCUT2D eigenvalue weighted by atomic mass is 16.5. The zero-order valence-corrected chi connectivity index (χ0v) is 13.7. The highest BCUT2D eigenvalue weighted by Crippen LogP contribution is 2.24. The summed E-state index contributed by atoms with van der Waals surface area (Å²) in [6.07, 6.45) is 1.54. The third kappa shape index (κ3) is 5.76. The van der Waals surface area contributed by atoms with Crippen LogP contribution >= 0.6 is 0 Å². The largest absolute Gasteiger partial charge is 0.480 e. The van der Waals surface area contributed by atoms with Crippen LogP contribution in [0.5, 0.6) is 5.75 Å². The summed E-state index contributed by atoms with van der Waals surface area (Å²) in [5.41, 5.74) is 2.15. The molecule has 1 amide bonds. The van der Waals surface area contributed by atoms with Gasteiger partial charge in [0.2, 0.25) is 0 Å². The fourth-order valence-corrected chi connectivity index (χ4v) is 2.04. The van der Waals surface area contributed by atoms with Crippen molar-refractivity contribution in [2.75, 3.05) is 13.1 Å². The molecule has 4 heteroatoms. The van der Waals surface area contributed by atoms with E-state index in [-0.39, 0.29) is 5.91 Å². The molecular weight excluding hydrogens is 264 g/mol. The van der Waals surface area contributed by atoms with Gasteiger partial charge in [0.15, 0.2) is 6.10 Å². The number of hydrogen-bond donors (Lipinski definition) is 2. The van der Waals surface area contributed by atoms with Crippen LogP contribution in [-0.4, -0.2) is 25.1 Å². The van der Waals surface area contributed by atoms with E-state index >= 15 is 0 Å². The van der Waals surface area contributed by atoms with Crippen LogP contribution in [0, 0.1) is 6.92 Å². The Morgan fingerprint density at radius 2 is 1.95 bits per heavy atom. The molecule has 0 aliphatic carbocycles. The molecule has 0 spiro atoms. The molecular formula is C17H28N2O2. The smallest absolute Gasteiger partial charge is 0.260 e. The second-order valence-corrected chi connectivity index (χ2v) is 5.29. The van der Waals surface area contributed by atoms with Gasteiger partial charge in [0.05, 0.1) is 0 Å². The summed E-state index contributed by atoms with van der Waals surface area (Å²) >= 11 is 0. The summed E-state index contributed by atoms with van der Waals surface area (Å²) in [5, 5.41) is 6.24. The molecule has 0 aromatic heterocycles. The van der Waals surface area contributed by atoms with Crippen LogP contribution in [-0.2, 0) is 11.3 Å². The van der Waals surface area contributed by atoms with Crippen LogP contribution in [0.4, 0.5) is 0 Å². The molecule has 0 heterocycles. The van der Waals surface area contributed by atoms with Crippen LogP contribution in [0.15, 0.2) is 18.2 Å². The average molecular weight is 292 g/mol. The molecule has 1 aromatic carbocycles. The van der Waals surface area contributed by atoms with Gasteiger partial charge in [-0.25, -0.2) is 0 Å². The minimum Gasteiger partial charge on any atom is -0.480 e. The van der Waals surface area contributed by atoms with E-state index < -0.39 is 6.10 Å². The summed E-state index contributed by atoms with van der Waals surface area (Å²) in [4.78, 5) is 11.9. The second kappa shape index (κ2) is 9.40. The van der Waals surface area contributed by atoms with Crippen LogP contribution < -0.4 is 15.4 Å². The molecule has 1 atom stereocenters. The van der Waals surface area contributed by atoms with Gasteiger partial charge in [-0.2, -0.15) is 0 Å². The maximum atomic E-state index is 11.9. The Morgan fingerprint density at radius 3 is 2.62 bits per heavy atom. The van der Waals surface area contributed by atoms with Gasteiger partial charge >= 0.3 is 0 Å². The summed E-state index contributed by atoms with van der Waals surface area (Å²) in [7, 11) is 0. The lowest BCUT2D eigenvalue weighted by atomic mass is 10.1. The van der Waals surface area contributed by atoms with Crippen molar-refractivity contribution in [3.05, 3.63) is 29.3 Å². The van der Waals surface area contributed by atoms with E-state index in [1.165, 1.54) is 0 Å². The topological polar surface area (TPSA) is 50.4 Å². The van der Waals surface area contributed by atoms with E-state index in [0.717, 1.165) is 42.8 Å². The van der Waals surface area contributed by atoms with E-state index in [9.17, 15) is 4.79 Å². The molecule has 0 saturated carbocycles. The normalized spacial score (nSPS) is 12.0. The molecule has 2 N–H and O–H groups in total. The average Bonchev–Trinajstić information content (AvgIpc) is 2.48. The van der Waals surface area contributed by atoms with Crippen molar-refractivity contribution < 1.29 is 9.53 Å². The van der Waals surface area contributed by atoms with Gasteiger partial charge in [-0.15, -0.1) is 0 Å². The summed E-state index contributed by atoms with van der Waals surface area (Å²) in [6.45, 7) is 10.4. The summed E-state index contributed by atoms with van der Waals surface area (Å²) < 4.78 is 5.91. The molecule has 0 fully saturated rings. The number of hydrogen-bond acceptors (Lipinski definition) is 3. The number of benzene rings is 1. The zero-order chi connectivity index (χ0) is 15.7. The van der Waals surface area contributed by atoms with Crippen molar-refractivity contribution in [1.29, 1.82) is 0 Å². The highest BCUT2D eigenvalue weighted by Gasteiger charge is 2.17. The molecule has 1 unspecified atom stereocenters. The van der Waals surface area contributed by atoms with Crippen molar-refractivity contribution in [3.8, 4) is 5.75 Å². The van der Waals surface area contributed by atoms with E-state index in [1.54, 1.807) is 6.92 Å². The van der Waals surface area contributed by atoms with Crippen molar-refractivity contribution in [3.63, 3.8) is 0 Å². The van der Waals surface area contributed by atoms with Gasteiger partial charge in [0.1, 0.15) is 5.75 Å². The minimum absolute atomic E-state index is 0.0624. The Balaban J connectivity index is 2.73. The van der Waals surface area contributed by atoms with Gasteiger partial charge in [-0.3, -0.25) is 4.79 Å². The molecule has 0 radical (unpaired) electrons. The molecule has 1 rings (SSSR count). The first-order valence-corrected chi connectivity index (χ1v) is 7.83. The van der Waals surface area contributed by atoms with Crippen molar-refractivity contribution >= 4 is 5.91 Å². The molecule has 4 nitrogen and oxygen atoms in total. The van der Waals surface area contributed by atoms with E-state index in [1.807, 2.05) is 32.0 Å². The maximum absolute atomic E-state index is 11.9. The number of carbonyl (C=O) groups excluding carboxylic acids is 1. The first-order chi connectivity index (χ1) is 10.1. The molecule has 0 aliphatic heterocycles. The quantitative estimate of drug-likeness (QED) is 0.688. The lowest BCUT2D eigenvalue weighted by Crippen LogP contribution is -2.37. The second-order valence-electron chi connectivity index (χ2n) is 5.29. The van der Waals surface area contributed by atoms with Gasteiger partial charge in [0.25, 0.3) is 5.91 Å². The van der Waals surface area contributed by atoms with Gasteiger partial charge in [0, 0.05) is 18.7 Å². The Labute approximate surface area is 128 Å². The van der Waals surface area contributed by atoms with Crippen LogP contribution in [0.2, 0.25) is 0 Å². The van der Waals surface area contributed by atoms with Crippen molar-refractivity contribution in [1.82, 2.24) is 10.6 Å². The Morgan fingerprint density at radius 1 is 1.24 bits per heavy atom. The molecule has 0 aliphatic rings. The first kappa shape index (κ1) is 17.5. The monoisotopic (exact) mass is 292 g/mol. The summed E-state index contributed by atoms with van der Waals surface area (Å²) in [6, 6.07) is 6.07. The number of rotatable bonds is 9. The lowest BCUT2D eigenvalue weighted by molar-refractivity contribution is -0.127. The molecule has 0 bridgehead atoms. The van der Waals surface area contributed by atoms with Crippen LogP contribution in [0.3, 0.4) is 0 Å². The fourth-order valence-electron chi connectivity index (χ4n) is 2.04. The van der Waals surface area contributed by atoms with E-state index in [2.05, 4.69) is 17.6 Å². The molecule has 21 heavy (non-hydrogen) atoms. The number of aryl methyl sites for hydroxylation is 1. The number of para-hydroxylation sites is 1. The predicted octanol–water partition coefficient (Wildman–Crippen LogP) is 2.79. The summed E-state index contributed by atoms with van der Waals surface area (Å²) in [5.74, 6) is 0.757. The van der Waals surface area contributed by atoms with Crippen molar-refractivity contribution in [2.45, 2.75) is 53.2 Å². The Hall–Kier alpha value is -1.55. The first-order valence-electron chi connectivity index (χ1n) is 7.83. The van der Waals surface area contributed by atoms with Crippen LogP contribution in [0.25, 0.3) is 0 Å². The van der Waals surface area contributed by atoms with E-state index in [4.69, 9.17) is 4.74 Å². The number of ether oxygens (including phenoxy) is 1. The highest BCUT2D eigenvalue weighted by molar-refractivity contribution is 5.80. The SMILES string of the molecule is CCCNCc1cccc(C)c1OC(C)C(=O)NCCC. The zero-order valence-electron chi connectivity index (χ0n) is 13.7. The Kier molecular flexibility index (Phi) is 7.83. The molecule has 118 valence electrons. The van der Waals surface area contributed by atoms with E-state index in [0.29, 0.717) is 6.54 Å². The lowest BCUT2D eigenvalue weighted by Gasteiger charge is -2.19. The third-order valence-electron chi connectivity index (χ3n) is 3.25. The fraction of sp³-hybridized carbons (Fsp3) is 0.588. The van der Waals surface area contributed by atoms with Gasteiger partial charge < -0.3 is 15.4 Å². The van der Waals surface area contributed by atoms with Crippen LogP contribution in [0.1, 0.15) is 44.7 Å². The number of carbonyl (C=O) groups is 1. The third-order valence-corrected chi connectivity index (χ3v) is 3.25.